The smallest absolute Gasteiger partial charge is 0.144 e. The van der Waals surface area contributed by atoms with Crippen molar-refractivity contribution >= 4 is 5.82 Å². The normalized spacial score (nSPS) is 10.0. The van der Waals surface area contributed by atoms with Crippen molar-refractivity contribution in [1.29, 1.82) is 5.26 Å². The van der Waals surface area contributed by atoms with E-state index in [1.165, 1.54) is 0 Å². The molecule has 1 rings (SSSR count). The van der Waals surface area contributed by atoms with Gasteiger partial charge in [-0.15, -0.1) is 0 Å². The minimum Gasteiger partial charge on any atom is -0.382 e. The fourth-order valence-corrected chi connectivity index (χ4v) is 1.63. The Bertz CT molecular complexity index is 410. The summed E-state index contributed by atoms with van der Waals surface area (Å²) in [5.41, 5.74) is 2.52. The van der Waals surface area contributed by atoms with Crippen molar-refractivity contribution in [3.63, 3.8) is 0 Å². The highest BCUT2D eigenvalue weighted by Gasteiger charge is 2.07. The van der Waals surface area contributed by atoms with Gasteiger partial charge in [0.25, 0.3) is 0 Å². The average molecular weight is 233 g/mol. The fourth-order valence-electron chi connectivity index (χ4n) is 1.63. The van der Waals surface area contributed by atoms with Crippen LogP contribution in [0.5, 0.6) is 0 Å². The molecule has 0 atom stereocenters. The van der Waals surface area contributed by atoms with Crippen LogP contribution in [0.15, 0.2) is 6.07 Å². The molecule has 0 spiro atoms. The lowest BCUT2D eigenvalue weighted by Crippen LogP contribution is -2.09. The number of nitriles is 1. The maximum Gasteiger partial charge on any atom is 0.144 e. The first-order valence-corrected chi connectivity index (χ1v) is 5.89. The van der Waals surface area contributed by atoms with E-state index in [4.69, 9.17) is 10.00 Å². The number of hydrogen-bond acceptors (Lipinski definition) is 4. The van der Waals surface area contributed by atoms with Gasteiger partial charge in [-0.1, -0.05) is 0 Å². The number of rotatable bonds is 6. The monoisotopic (exact) mass is 233 g/mol. The van der Waals surface area contributed by atoms with Gasteiger partial charge in [0, 0.05) is 25.5 Å². The van der Waals surface area contributed by atoms with E-state index in [1.54, 1.807) is 0 Å². The lowest BCUT2D eigenvalue weighted by molar-refractivity contribution is 0.147. The Labute approximate surface area is 103 Å². The second kappa shape index (κ2) is 6.87. The number of pyridine rings is 1. The molecule has 0 bridgehead atoms. The maximum absolute atomic E-state index is 9.08. The second-order valence-corrected chi connectivity index (χ2v) is 3.89. The number of hydrogen-bond donors (Lipinski definition) is 1. The van der Waals surface area contributed by atoms with Crippen LogP contribution in [0, 0.1) is 25.2 Å². The summed E-state index contributed by atoms with van der Waals surface area (Å²) in [6.45, 7) is 8.08. The summed E-state index contributed by atoms with van der Waals surface area (Å²) in [5, 5.41) is 12.3. The van der Waals surface area contributed by atoms with Gasteiger partial charge in [-0.25, -0.2) is 4.98 Å². The standard InChI is InChI=1S/C13H19N3O/c1-4-17-7-5-6-15-13-12(9-14)10(2)8-11(3)16-13/h8H,4-7H2,1-3H3,(H,15,16). The SMILES string of the molecule is CCOCCCNc1nc(C)cc(C)c1C#N. The minimum atomic E-state index is 0.631. The predicted molar refractivity (Wildman–Crippen MR) is 68.0 cm³/mol. The van der Waals surface area contributed by atoms with Gasteiger partial charge in [-0.2, -0.15) is 5.26 Å². The molecule has 0 aliphatic heterocycles. The van der Waals surface area contributed by atoms with Gasteiger partial charge >= 0.3 is 0 Å². The highest BCUT2D eigenvalue weighted by molar-refractivity contribution is 5.56. The third-order valence-electron chi connectivity index (χ3n) is 2.42. The number of nitrogens with zero attached hydrogens (tertiary/aromatic N) is 2. The predicted octanol–water partition coefficient (Wildman–Crippen LogP) is 2.41. The second-order valence-electron chi connectivity index (χ2n) is 3.89. The molecule has 0 radical (unpaired) electrons. The average Bonchev–Trinajstić information content (AvgIpc) is 2.28. The maximum atomic E-state index is 9.08. The van der Waals surface area contributed by atoms with Gasteiger partial charge in [-0.05, 0) is 38.8 Å². The summed E-state index contributed by atoms with van der Waals surface area (Å²) in [6, 6.07) is 4.11. The Morgan fingerprint density at radius 2 is 2.24 bits per heavy atom. The van der Waals surface area contributed by atoms with Crippen molar-refractivity contribution in [2.45, 2.75) is 27.2 Å². The molecule has 1 N–H and O–H groups in total. The Balaban J connectivity index is 2.61. The first-order valence-electron chi connectivity index (χ1n) is 5.89. The first kappa shape index (κ1) is 13.5. The van der Waals surface area contributed by atoms with Gasteiger partial charge in [0.15, 0.2) is 0 Å². The molecule has 17 heavy (non-hydrogen) atoms. The summed E-state index contributed by atoms with van der Waals surface area (Å²) >= 11 is 0. The number of aromatic nitrogens is 1. The Morgan fingerprint density at radius 1 is 1.47 bits per heavy atom. The molecule has 0 fully saturated rings. The number of aryl methyl sites for hydroxylation is 2. The van der Waals surface area contributed by atoms with Crippen molar-refractivity contribution in [3.8, 4) is 6.07 Å². The molecule has 4 nitrogen and oxygen atoms in total. The van der Waals surface area contributed by atoms with Crippen LogP contribution < -0.4 is 5.32 Å². The van der Waals surface area contributed by atoms with Crippen LogP contribution in [0.2, 0.25) is 0 Å². The third-order valence-corrected chi connectivity index (χ3v) is 2.42. The zero-order valence-corrected chi connectivity index (χ0v) is 10.7. The molecule has 4 heteroatoms. The number of nitrogens with one attached hydrogen (secondary N) is 1. The van der Waals surface area contributed by atoms with E-state index in [0.29, 0.717) is 11.4 Å². The summed E-state index contributed by atoms with van der Waals surface area (Å²) in [4.78, 5) is 4.35. The Morgan fingerprint density at radius 3 is 2.88 bits per heavy atom. The summed E-state index contributed by atoms with van der Waals surface area (Å²) in [5.74, 6) is 0.682. The molecular formula is C13H19N3O. The van der Waals surface area contributed by atoms with Crippen molar-refractivity contribution in [1.82, 2.24) is 4.98 Å². The highest BCUT2D eigenvalue weighted by atomic mass is 16.5. The molecule has 0 saturated carbocycles. The van der Waals surface area contributed by atoms with Crippen LogP contribution in [-0.4, -0.2) is 24.7 Å². The van der Waals surface area contributed by atoms with Crippen LogP contribution in [0.3, 0.4) is 0 Å². The van der Waals surface area contributed by atoms with Gasteiger partial charge in [0.05, 0.1) is 5.56 Å². The van der Waals surface area contributed by atoms with Crippen LogP contribution in [-0.2, 0) is 4.74 Å². The van der Waals surface area contributed by atoms with E-state index in [1.807, 2.05) is 26.8 Å². The summed E-state index contributed by atoms with van der Waals surface area (Å²) in [7, 11) is 0. The zero-order chi connectivity index (χ0) is 12.7. The molecule has 0 unspecified atom stereocenters. The van der Waals surface area contributed by atoms with E-state index in [9.17, 15) is 0 Å². The molecule has 1 aromatic heterocycles. The largest absolute Gasteiger partial charge is 0.382 e. The molecule has 0 aromatic carbocycles. The molecule has 0 aliphatic carbocycles. The van der Waals surface area contributed by atoms with E-state index >= 15 is 0 Å². The zero-order valence-electron chi connectivity index (χ0n) is 10.7. The number of anilines is 1. The van der Waals surface area contributed by atoms with E-state index in [-0.39, 0.29) is 0 Å². The van der Waals surface area contributed by atoms with Crippen molar-refractivity contribution in [3.05, 3.63) is 22.9 Å². The topological polar surface area (TPSA) is 57.9 Å². The molecule has 0 saturated heterocycles. The molecular weight excluding hydrogens is 214 g/mol. The lowest BCUT2D eigenvalue weighted by atomic mass is 10.1. The fraction of sp³-hybridized carbons (Fsp3) is 0.538. The minimum absolute atomic E-state index is 0.631. The van der Waals surface area contributed by atoms with E-state index in [2.05, 4.69) is 16.4 Å². The number of ether oxygens (including phenoxy) is 1. The molecule has 0 aliphatic rings. The van der Waals surface area contributed by atoms with Gasteiger partial charge in [0.1, 0.15) is 11.9 Å². The van der Waals surface area contributed by atoms with Crippen molar-refractivity contribution in [2.24, 2.45) is 0 Å². The summed E-state index contributed by atoms with van der Waals surface area (Å²) in [6.07, 6.45) is 0.910. The van der Waals surface area contributed by atoms with E-state index < -0.39 is 0 Å². The van der Waals surface area contributed by atoms with Crippen LogP contribution >= 0.6 is 0 Å². The van der Waals surface area contributed by atoms with Crippen molar-refractivity contribution < 1.29 is 4.74 Å². The highest BCUT2D eigenvalue weighted by Crippen LogP contribution is 2.17. The van der Waals surface area contributed by atoms with Gasteiger partial charge < -0.3 is 10.1 Å². The van der Waals surface area contributed by atoms with Crippen LogP contribution in [0.1, 0.15) is 30.2 Å². The first-order chi connectivity index (χ1) is 8.19. The van der Waals surface area contributed by atoms with Gasteiger partial charge in [0.2, 0.25) is 0 Å². The third kappa shape index (κ3) is 4.04. The van der Waals surface area contributed by atoms with E-state index in [0.717, 1.165) is 37.4 Å². The Kier molecular flexibility index (Phi) is 5.44. The van der Waals surface area contributed by atoms with Crippen LogP contribution in [0.4, 0.5) is 5.82 Å². The van der Waals surface area contributed by atoms with Gasteiger partial charge in [-0.3, -0.25) is 0 Å². The quantitative estimate of drug-likeness (QED) is 0.766. The lowest BCUT2D eigenvalue weighted by Gasteiger charge is -2.10. The summed E-state index contributed by atoms with van der Waals surface area (Å²) < 4.78 is 5.25. The molecule has 0 amide bonds. The Hall–Kier alpha value is -1.60. The molecule has 1 heterocycles. The molecule has 1 aromatic rings. The van der Waals surface area contributed by atoms with Crippen molar-refractivity contribution in [2.75, 3.05) is 25.1 Å². The van der Waals surface area contributed by atoms with Crippen LogP contribution in [0.25, 0.3) is 0 Å². The molecule has 92 valence electrons.